The molecule has 1 aliphatic heterocycles. The number of carbonyl (C=O) groups is 1. The molecule has 5 nitrogen and oxygen atoms in total. The van der Waals surface area contributed by atoms with E-state index >= 15 is 0 Å². The molecule has 0 aliphatic carbocycles. The van der Waals surface area contributed by atoms with Crippen molar-refractivity contribution in [2.75, 3.05) is 20.4 Å². The minimum absolute atomic E-state index is 0.175. The number of carbonyl (C=O) groups excluding carboxylic acids is 1. The second-order valence-electron chi connectivity index (χ2n) is 3.92. The van der Waals surface area contributed by atoms with Crippen molar-refractivity contribution in [3.8, 4) is 5.75 Å². The van der Waals surface area contributed by atoms with Crippen LogP contribution in [0.15, 0.2) is 12.1 Å². The van der Waals surface area contributed by atoms with Gasteiger partial charge in [0.1, 0.15) is 11.6 Å². The van der Waals surface area contributed by atoms with Gasteiger partial charge in [-0.2, -0.15) is 0 Å². The summed E-state index contributed by atoms with van der Waals surface area (Å²) in [5.74, 6) is 0.346. The number of rotatable bonds is 3. The molecule has 1 heterocycles. The van der Waals surface area contributed by atoms with Crippen LogP contribution in [-0.2, 0) is 17.8 Å². The Morgan fingerprint density at radius 2 is 2.33 bits per heavy atom. The van der Waals surface area contributed by atoms with E-state index in [0.29, 0.717) is 30.9 Å². The lowest BCUT2D eigenvalue weighted by Gasteiger charge is -2.20. The van der Waals surface area contributed by atoms with E-state index in [9.17, 15) is 9.18 Å². The van der Waals surface area contributed by atoms with Gasteiger partial charge in [-0.25, -0.2) is 9.18 Å². The van der Waals surface area contributed by atoms with Gasteiger partial charge in [-0.15, -0.1) is 0 Å². The fourth-order valence-electron chi connectivity index (χ4n) is 1.84. The summed E-state index contributed by atoms with van der Waals surface area (Å²) in [4.78, 5) is 11.0. The van der Waals surface area contributed by atoms with Crippen molar-refractivity contribution in [1.82, 2.24) is 10.6 Å². The number of hydrogen-bond donors (Lipinski definition) is 2. The average molecular weight is 254 g/mol. The van der Waals surface area contributed by atoms with Crippen molar-refractivity contribution in [2.45, 2.75) is 13.0 Å². The second kappa shape index (κ2) is 5.68. The van der Waals surface area contributed by atoms with Crippen molar-refractivity contribution in [2.24, 2.45) is 0 Å². The molecule has 0 atom stereocenters. The summed E-state index contributed by atoms with van der Waals surface area (Å²) in [6.07, 6.45) is 0.507. The van der Waals surface area contributed by atoms with Crippen LogP contribution in [0.25, 0.3) is 0 Å². The van der Waals surface area contributed by atoms with E-state index in [1.54, 1.807) is 7.05 Å². The summed E-state index contributed by atoms with van der Waals surface area (Å²) < 4.78 is 23.9. The summed E-state index contributed by atoms with van der Waals surface area (Å²) in [5.41, 5.74) is 1.45. The first-order valence-electron chi connectivity index (χ1n) is 5.68. The zero-order chi connectivity index (χ0) is 13.0. The molecule has 0 aromatic heterocycles. The van der Waals surface area contributed by atoms with Crippen molar-refractivity contribution >= 4 is 6.03 Å². The number of halogens is 1. The van der Waals surface area contributed by atoms with Gasteiger partial charge in [-0.05, 0) is 24.1 Å². The van der Waals surface area contributed by atoms with E-state index in [1.807, 2.05) is 0 Å². The number of ether oxygens (including phenoxy) is 2. The molecular weight excluding hydrogens is 239 g/mol. The van der Waals surface area contributed by atoms with Gasteiger partial charge in [0.25, 0.3) is 0 Å². The summed E-state index contributed by atoms with van der Waals surface area (Å²) in [5, 5.41) is 5.10. The zero-order valence-electron chi connectivity index (χ0n) is 10.1. The minimum Gasteiger partial charge on any atom is -0.467 e. The van der Waals surface area contributed by atoms with Crippen LogP contribution >= 0.6 is 0 Å². The summed E-state index contributed by atoms with van der Waals surface area (Å²) in [7, 11) is 1.54. The lowest BCUT2D eigenvalue weighted by atomic mass is 10.1. The molecular formula is C12H15FN2O3. The predicted molar refractivity (Wildman–Crippen MR) is 62.8 cm³/mol. The fraction of sp³-hybridized carbons (Fsp3) is 0.417. The Morgan fingerprint density at radius 1 is 1.50 bits per heavy atom. The van der Waals surface area contributed by atoms with Crippen LogP contribution in [-0.4, -0.2) is 26.4 Å². The standard InChI is InChI=1S/C12H15FN2O3/c1-14-12(16)15-3-2-8-4-10(13)5-9-6-17-7-18-11(8)9/h4-5H,2-3,6-7H2,1H3,(H2,14,15,16). The maximum atomic E-state index is 13.4. The lowest BCUT2D eigenvalue weighted by molar-refractivity contribution is -0.0172. The van der Waals surface area contributed by atoms with Crippen LogP contribution in [0.2, 0.25) is 0 Å². The molecule has 0 spiro atoms. The molecule has 1 aromatic rings. The first-order chi connectivity index (χ1) is 8.70. The van der Waals surface area contributed by atoms with Crippen molar-refractivity contribution in [1.29, 1.82) is 0 Å². The molecule has 6 heteroatoms. The first-order valence-corrected chi connectivity index (χ1v) is 5.68. The highest BCUT2D eigenvalue weighted by molar-refractivity contribution is 5.73. The Balaban J connectivity index is 2.07. The molecule has 0 saturated carbocycles. The molecule has 0 unspecified atom stereocenters. The van der Waals surface area contributed by atoms with Crippen molar-refractivity contribution in [3.63, 3.8) is 0 Å². The molecule has 98 valence electrons. The fourth-order valence-corrected chi connectivity index (χ4v) is 1.84. The van der Waals surface area contributed by atoms with Crippen LogP contribution in [0, 0.1) is 5.82 Å². The van der Waals surface area contributed by atoms with Gasteiger partial charge in [0.2, 0.25) is 0 Å². The Morgan fingerprint density at radius 3 is 3.11 bits per heavy atom. The smallest absolute Gasteiger partial charge is 0.314 e. The molecule has 2 N–H and O–H groups in total. The molecule has 1 aromatic carbocycles. The largest absolute Gasteiger partial charge is 0.467 e. The van der Waals surface area contributed by atoms with E-state index in [1.165, 1.54) is 12.1 Å². The minimum atomic E-state index is -0.321. The van der Waals surface area contributed by atoms with Crippen LogP contribution in [0.4, 0.5) is 9.18 Å². The molecule has 0 fully saturated rings. The van der Waals surface area contributed by atoms with Gasteiger partial charge in [0.05, 0.1) is 6.61 Å². The van der Waals surface area contributed by atoms with E-state index < -0.39 is 0 Å². The van der Waals surface area contributed by atoms with E-state index in [4.69, 9.17) is 9.47 Å². The van der Waals surface area contributed by atoms with E-state index in [-0.39, 0.29) is 18.6 Å². The normalized spacial score (nSPS) is 13.4. The maximum Gasteiger partial charge on any atom is 0.314 e. The highest BCUT2D eigenvalue weighted by Crippen LogP contribution is 2.29. The Bertz CT molecular complexity index is 451. The molecule has 0 radical (unpaired) electrons. The van der Waals surface area contributed by atoms with Gasteiger partial charge in [0, 0.05) is 19.2 Å². The first kappa shape index (κ1) is 12.6. The number of fused-ring (bicyclic) bond motifs is 1. The summed E-state index contributed by atoms with van der Waals surface area (Å²) in [6, 6.07) is 2.57. The van der Waals surface area contributed by atoms with Crippen LogP contribution in [0.5, 0.6) is 5.75 Å². The number of amides is 2. The van der Waals surface area contributed by atoms with Gasteiger partial charge >= 0.3 is 6.03 Å². The summed E-state index contributed by atoms with van der Waals surface area (Å²) in [6.45, 7) is 0.942. The number of nitrogens with one attached hydrogen (secondary N) is 2. The topological polar surface area (TPSA) is 59.6 Å². The third-order valence-corrected chi connectivity index (χ3v) is 2.66. The SMILES string of the molecule is CNC(=O)NCCc1cc(F)cc2c1OCOC2. The van der Waals surface area contributed by atoms with Gasteiger partial charge in [-0.3, -0.25) is 0 Å². The maximum absolute atomic E-state index is 13.4. The molecule has 0 saturated heterocycles. The second-order valence-corrected chi connectivity index (χ2v) is 3.92. The third-order valence-electron chi connectivity index (χ3n) is 2.66. The van der Waals surface area contributed by atoms with Crippen LogP contribution < -0.4 is 15.4 Å². The molecule has 18 heavy (non-hydrogen) atoms. The predicted octanol–water partition coefficient (Wildman–Crippen LogP) is 1.16. The molecule has 1 aliphatic rings. The lowest BCUT2D eigenvalue weighted by Crippen LogP contribution is -2.34. The Kier molecular flexibility index (Phi) is 3.99. The van der Waals surface area contributed by atoms with Crippen LogP contribution in [0.1, 0.15) is 11.1 Å². The monoisotopic (exact) mass is 254 g/mol. The number of urea groups is 1. The van der Waals surface area contributed by atoms with Gasteiger partial charge in [-0.1, -0.05) is 0 Å². The number of hydrogen-bond acceptors (Lipinski definition) is 3. The molecule has 2 amide bonds. The zero-order valence-corrected chi connectivity index (χ0v) is 10.1. The van der Waals surface area contributed by atoms with Gasteiger partial charge in [0.15, 0.2) is 6.79 Å². The quantitative estimate of drug-likeness (QED) is 0.851. The van der Waals surface area contributed by atoms with E-state index in [2.05, 4.69) is 10.6 Å². The third kappa shape index (κ3) is 2.89. The highest BCUT2D eigenvalue weighted by Gasteiger charge is 2.16. The van der Waals surface area contributed by atoms with Crippen LogP contribution in [0.3, 0.4) is 0 Å². The molecule has 0 bridgehead atoms. The highest BCUT2D eigenvalue weighted by atomic mass is 19.1. The average Bonchev–Trinajstić information content (AvgIpc) is 2.38. The number of benzene rings is 1. The summed E-state index contributed by atoms with van der Waals surface area (Å²) >= 11 is 0. The Hall–Kier alpha value is -1.82. The van der Waals surface area contributed by atoms with E-state index in [0.717, 1.165) is 5.56 Å². The van der Waals surface area contributed by atoms with Crippen molar-refractivity contribution < 1.29 is 18.7 Å². The van der Waals surface area contributed by atoms with Crippen molar-refractivity contribution in [3.05, 3.63) is 29.1 Å². The Labute approximate surface area is 104 Å². The molecule has 2 rings (SSSR count). The van der Waals surface area contributed by atoms with Gasteiger partial charge < -0.3 is 20.1 Å².